The second-order valence-corrected chi connectivity index (χ2v) is 7.65. The van der Waals surface area contributed by atoms with E-state index >= 15 is 0 Å². The third-order valence-corrected chi connectivity index (χ3v) is 6.61. The molecule has 0 saturated heterocycles. The van der Waals surface area contributed by atoms with Gasteiger partial charge in [0.15, 0.2) is 5.50 Å². The molecule has 0 radical (unpaired) electrons. The van der Waals surface area contributed by atoms with Gasteiger partial charge in [0.25, 0.3) is 0 Å². The van der Waals surface area contributed by atoms with E-state index in [2.05, 4.69) is 0 Å². The summed E-state index contributed by atoms with van der Waals surface area (Å²) in [5, 5.41) is 1.39. The molecule has 0 atom stereocenters. The Morgan fingerprint density at radius 3 is 1.61 bits per heavy atom. The van der Waals surface area contributed by atoms with Crippen LogP contribution in [0.2, 0.25) is 0 Å². The van der Waals surface area contributed by atoms with Crippen LogP contribution in [0.4, 0.5) is 0 Å². The van der Waals surface area contributed by atoms with Crippen molar-refractivity contribution >= 4 is 23.3 Å². The highest BCUT2D eigenvalue weighted by Gasteiger charge is 2.32. The molecule has 3 aromatic rings. The molecule has 4 nitrogen and oxygen atoms in total. The SMILES string of the molecule is COc1ccc(P(=O)(c2ccc(OC)cc2)c2ccco2)cc1. The molecule has 2 aromatic carbocycles. The van der Waals surface area contributed by atoms with Crippen LogP contribution in [0.1, 0.15) is 0 Å². The molecule has 1 aromatic heterocycles. The molecular formula is C18H17O4P. The van der Waals surface area contributed by atoms with Crippen molar-refractivity contribution in [3.05, 3.63) is 66.9 Å². The first-order valence-electron chi connectivity index (χ1n) is 7.12. The fraction of sp³-hybridized carbons (Fsp3) is 0.111. The molecule has 118 valence electrons. The normalized spacial score (nSPS) is 11.2. The summed E-state index contributed by atoms with van der Waals surface area (Å²) in [5.41, 5.74) is 0.452. The van der Waals surface area contributed by atoms with Gasteiger partial charge in [-0.2, -0.15) is 0 Å². The van der Waals surface area contributed by atoms with Gasteiger partial charge in [-0.3, -0.25) is 0 Å². The van der Waals surface area contributed by atoms with E-state index in [1.54, 1.807) is 50.6 Å². The second kappa shape index (κ2) is 6.35. The lowest BCUT2D eigenvalue weighted by Crippen LogP contribution is -2.24. The van der Waals surface area contributed by atoms with Crippen LogP contribution in [-0.2, 0) is 4.57 Å². The zero-order valence-electron chi connectivity index (χ0n) is 12.9. The van der Waals surface area contributed by atoms with Gasteiger partial charge in [0, 0.05) is 10.6 Å². The molecule has 0 aliphatic carbocycles. The molecule has 23 heavy (non-hydrogen) atoms. The number of ether oxygens (including phenoxy) is 2. The van der Waals surface area contributed by atoms with Crippen molar-refractivity contribution in [1.29, 1.82) is 0 Å². The molecular weight excluding hydrogens is 311 g/mol. The summed E-state index contributed by atoms with van der Waals surface area (Å²) < 4.78 is 29.8. The minimum atomic E-state index is -3.07. The van der Waals surface area contributed by atoms with E-state index in [9.17, 15) is 4.57 Å². The van der Waals surface area contributed by atoms with Gasteiger partial charge in [-0.25, -0.2) is 0 Å². The van der Waals surface area contributed by atoms with Gasteiger partial charge in [0.05, 0.1) is 20.5 Å². The van der Waals surface area contributed by atoms with Crippen LogP contribution in [0.25, 0.3) is 0 Å². The Morgan fingerprint density at radius 1 is 0.783 bits per heavy atom. The third-order valence-electron chi connectivity index (χ3n) is 3.69. The average Bonchev–Trinajstić information content (AvgIpc) is 3.16. The monoisotopic (exact) mass is 328 g/mol. The summed E-state index contributed by atoms with van der Waals surface area (Å²) in [6.45, 7) is 0. The minimum Gasteiger partial charge on any atom is -0.497 e. The Bertz CT molecular complexity index is 754. The zero-order chi connectivity index (χ0) is 16.3. The average molecular weight is 328 g/mol. The summed E-state index contributed by atoms with van der Waals surface area (Å²) >= 11 is 0. The van der Waals surface area contributed by atoms with Crippen LogP contribution < -0.4 is 25.6 Å². The van der Waals surface area contributed by atoms with E-state index in [4.69, 9.17) is 13.9 Å². The molecule has 0 spiro atoms. The molecule has 0 bridgehead atoms. The van der Waals surface area contributed by atoms with Gasteiger partial charge >= 0.3 is 0 Å². The van der Waals surface area contributed by atoms with E-state index in [0.717, 1.165) is 11.5 Å². The van der Waals surface area contributed by atoms with Gasteiger partial charge in [-0.05, 0) is 60.7 Å². The lowest BCUT2D eigenvalue weighted by atomic mass is 10.3. The fourth-order valence-electron chi connectivity index (χ4n) is 2.44. The number of hydrogen-bond donors (Lipinski definition) is 0. The van der Waals surface area contributed by atoms with Crippen molar-refractivity contribution in [1.82, 2.24) is 0 Å². The van der Waals surface area contributed by atoms with Crippen molar-refractivity contribution < 1.29 is 18.5 Å². The Hall–Kier alpha value is -2.45. The maximum atomic E-state index is 13.9. The van der Waals surface area contributed by atoms with Crippen LogP contribution >= 0.6 is 7.14 Å². The quantitative estimate of drug-likeness (QED) is 0.676. The van der Waals surface area contributed by atoms with Gasteiger partial charge in [-0.15, -0.1) is 0 Å². The predicted octanol–water partition coefficient (Wildman–Crippen LogP) is 2.94. The highest BCUT2D eigenvalue weighted by molar-refractivity contribution is 7.85. The van der Waals surface area contributed by atoms with Crippen molar-refractivity contribution in [2.24, 2.45) is 0 Å². The number of hydrogen-bond acceptors (Lipinski definition) is 4. The maximum absolute atomic E-state index is 13.9. The highest BCUT2D eigenvalue weighted by atomic mass is 31.2. The van der Waals surface area contributed by atoms with Gasteiger partial charge < -0.3 is 18.5 Å². The summed E-state index contributed by atoms with van der Waals surface area (Å²) in [6, 6.07) is 17.9. The largest absolute Gasteiger partial charge is 0.497 e. The third kappa shape index (κ3) is 2.78. The molecule has 0 aliphatic rings. The lowest BCUT2D eigenvalue weighted by Gasteiger charge is -2.17. The smallest absolute Gasteiger partial charge is 0.204 e. The van der Waals surface area contributed by atoms with E-state index in [-0.39, 0.29) is 0 Å². The van der Waals surface area contributed by atoms with Crippen LogP contribution in [0, 0.1) is 0 Å². The van der Waals surface area contributed by atoms with E-state index < -0.39 is 7.14 Å². The highest BCUT2D eigenvalue weighted by Crippen LogP contribution is 2.43. The summed E-state index contributed by atoms with van der Waals surface area (Å²) in [6.07, 6.45) is 1.54. The van der Waals surface area contributed by atoms with Crippen molar-refractivity contribution in [2.45, 2.75) is 0 Å². The van der Waals surface area contributed by atoms with E-state index in [1.807, 2.05) is 24.3 Å². The van der Waals surface area contributed by atoms with Gasteiger partial charge in [0.1, 0.15) is 11.5 Å². The molecule has 5 heteroatoms. The van der Waals surface area contributed by atoms with Crippen LogP contribution in [-0.4, -0.2) is 14.2 Å². The zero-order valence-corrected chi connectivity index (χ0v) is 13.8. The number of benzene rings is 2. The number of furan rings is 1. The first-order chi connectivity index (χ1) is 11.2. The molecule has 1 heterocycles. The molecule has 3 rings (SSSR count). The Kier molecular flexibility index (Phi) is 4.26. The van der Waals surface area contributed by atoms with E-state index in [1.165, 1.54) is 6.26 Å². The maximum Gasteiger partial charge on any atom is 0.204 e. The second-order valence-electron chi connectivity index (χ2n) is 4.96. The van der Waals surface area contributed by atoms with E-state index in [0.29, 0.717) is 16.1 Å². The molecule has 0 saturated carbocycles. The number of rotatable bonds is 5. The molecule has 0 unspecified atom stereocenters. The van der Waals surface area contributed by atoms with Gasteiger partial charge in [-0.1, -0.05) is 0 Å². The standard InChI is InChI=1S/C18H17O4P/c1-20-14-5-9-16(10-6-14)23(19,18-4-3-13-22-18)17-11-7-15(21-2)8-12-17/h3-13H,1-2H3. The van der Waals surface area contributed by atoms with Crippen molar-refractivity contribution in [3.8, 4) is 11.5 Å². The Labute approximate surface area is 135 Å². The minimum absolute atomic E-state index is 0.452. The van der Waals surface area contributed by atoms with Crippen molar-refractivity contribution in [3.63, 3.8) is 0 Å². The fourth-order valence-corrected chi connectivity index (χ4v) is 4.89. The molecule has 0 fully saturated rings. The topological polar surface area (TPSA) is 48.7 Å². The summed E-state index contributed by atoms with van der Waals surface area (Å²) in [5.74, 6) is 1.43. The molecule has 0 N–H and O–H groups in total. The summed E-state index contributed by atoms with van der Waals surface area (Å²) in [4.78, 5) is 0. The lowest BCUT2D eigenvalue weighted by molar-refractivity contribution is 0.415. The van der Waals surface area contributed by atoms with Crippen LogP contribution in [0.15, 0.2) is 71.3 Å². The Morgan fingerprint density at radius 2 is 1.26 bits per heavy atom. The number of methoxy groups -OCH3 is 2. The molecule has 0 amide bonds. The first kappa shape index (κ1) is 15.4. The molecule has 0 aliphatic heterocycles. The summed E-state index contributed by atoms with van der Waals surface area (Å²) in [7, 11) is 0.136. The van der Waals surface area contributed by atoms with Gasteiger partial charge in [0.2, 0.25) is 7.14 Å². The predicted molar refractivity (Wildman–Crippen MR) is 91.2 cm³/mol. The van der Waals surface area contributed by atoms with Crippen LogP contribution in [0.3, 0.4) is 0 Å². The van der Waals surface area contributed by atoms with Crippen LogP contribution in [0.5, 0.6) is 11.5 Å². The Balaban J connectivity index is 2.15. The first-order valence-corrected chi connectivity index (χ1v) is 8.82. The van der Waals surface area contributed by atoms with Crippen molar-refractivity contribution in [2.75, 3.05) is 14.2 Å².